The molecule has 3 aliphatic rings. The highest BCUT2D eigenvalue weighted by Crippen LogP contribution is 2.46. The van der Waals surface area contributed by atoms with E-state index in [1.807, 2.05) is 0 Å². The fourth-order valence-electron chi connectivity index (χ4n) is 4.87. The average Bonchev–Trinajstić information content (AvgIpc) is 2.58. The molecule has 0 aromatic carbocycles. The molecule has 0 N–H and O–H groups in total. The van der Waals surface area contributed by atoms with Crippen molar-refractivity contribution in [2.45, 2.75) is 89.4 Å². The second kappa shape index (κ2) is 6.75. The zero-order valence-corrected chi connectivity index (χ0v) is 14.9. The molecule has 1 atom stereocenters. The number of hydrogen-bond donors (Lipinski definition) is 0. The molecule has 0 spiro atoms. The average molecular weight is 337 g/mol. The topological polar surface area (TPSA) is 13.6 Å². The first-order valence-electron chi connectivity index (χ1n) is 9.44. The maximum Gasteiger partial charge on any atom is 0.379 e. The molecule has 0 aromatic rings. The summed E-state index contributed by atoms with van der Waals surface area (Å²) in [6.45, 7) is 10.9. The molecular formula is C20H29F2NO. The molecule has 2 fully saturated rings. The lowest BCUT2D eigenvalue weighted by atomic mass is 9.67. The van der Waals surface area contributed by atoms with Crippen LogP contribution in [0.1, 0.15) is 71.6 Å². The number of nitrogens with zero attached hydrogens (tertiary/aromatic N) is 1. The van der Waals surface area contributed by atoms with Gasteiger partial charge in [-0.1, -0.05) is 6.08 Å². The fourth-order valence-corrected chi connectivity index (χ4v) is 4.87. The minimum absolute atomic E-state index is 0.0532. The van der Waals surface area contributed by atoms with Gasteiger partial charge < -0.3 is 9.58 Å². The van der Waals surface area contributed by atoms with Gasteiger partial charge in [-0.2, -0.15) is 8.78 Å². The zero-order chi connectivity index (χ0) is 17.4. The summed E-state index contributed by atoms with van der Waals surface area (Å²) >= 11 is 0. The molecule has 2 aliphatic carbocycles. The van der Waals surface area contributed by atoms with E-state index in [0.29, 0.717) is 6.42 Å². The van der Waals surface area contributed by atoms with E-state index in [1.165, 1.54) is 6.92 Å². The van der Waals surface area contributed by atoms with E-state index < -0.39 is 6.11 Å². The third kappa shape index (κ3) is 3.67. The molecule has 4 heteroatoms. The summed E-state index contributed by atoms with van der Waals surface area (Å²) < 4.78 is 32.6. The van der Waals surface area contributed by atoms with Crippen molar-refractivity contribution in [3.05, 3.63) is 23.1 Å². The highest BCUT2D eigenvalue weighted by atomic mass is 19.3. The molecule has 24 heavy (non-hydrogen) atoms. The van der Waals surface area contributed by atoms with Crippen LogP contribution in [0.4, 0.5) is 8.78 Å². The smallest absolute Gasteiger partial charge is 0.313 e. The second-order valence-corrected chi connectivity index (χ2v) is 8.42. The predicted molar refractivity (Wildman–Crippen MR) is 90.6 cm³/mol. The summed E-state index contributed by atoms with van der Waals surface area (Å²) in [4.78, 5) is 3.81. The third-order valence-corrected chi connectivity index (χ3v) is 6.80. The summed E-state index contributed by atoms with van der Waals surface area (Å²) in [6.07, 6.45) is 7.54. The number of hydrogen-bond acceptors (Lipinski definition) is 1. The predicted octanol–water partition coefficient (Wildman–Crippen LogP) is 5.99. The van der Waals surface area contributed by atoms with Gasteiger partial charge in [-0.15, -0.1) is 0 Å². The lowest BCUT2D eigenvalue weighted by Gasteiger charge is -2.41. The first-order valence-corrected chi connectivity index (χ1v) is 9.44. The van der Waals surface area contributed by atoms with Gasteiger partial charge in [-0.25, -0.2) is 6.57 Å². The first kappa shape index (κ1) is 17.9. The Bertz CT molecular complexity index is 520. The van der Waals surface area contributed by atoms with Crippen LogP contribution >= 0.6 is 0 Å². The van der Waals surface area contributed by atoms with E-state index in [9.17, 15) is 8.78 Å². The van der Waals surface area contributed by atoms with E-state index in [0.717, 1.165) is 63.2 Å². The SMILES string of the molecule is [C-]#[N+]C1(C)CCC(C2CCC(C3CC=C(C)C(F)(F)O3)CC2)CC1. The van der Waals surface area contributed by atoms with Gasteiger partial charge in [0, 0.05) is 25.3 Å². The number of alkyl halides is 2. The van der Waals surface area contributed by atoms with Gasteiger partial charge in [-0.05, 0) is 69.6 Å². The van der Waals surface area contributed by atoms with Gasteiger partial charge >= 0.3 is 6.11 Å². The molecule has 1 aliphatic heterocycles. The second-order valence-electron chi connectivity index (χ2n) is 8.42. The van der Waals surface area contributed by atoms with Gasteiger partial charge in [-0.3, -0.25) is 0 Å². The fraction of sp³-hybridized carbons (Fsp3) is 0.850. The molecule has 3 rings (SSSR count). The van der Waals surface area contributed by atoms with E-state index in [4.69, 9.17) is 11.3 Å². The number of halogens is 2. The molecule has 0 bridgehead atoms. The third-order valence-electron chi connectivity index (χ3n) is 6.80. The van der Waals surface area contributed by atoms with Gasteiger partial charge in [0.05, 0.1) is 6.10 Å². The normalized spacial score (nSPS) is 42.9. The van der Waals surface area contributed by atoms with E-state index in [2.05, 4.69) is 11.8 Å². The molecule has 0 aromatic heterocycles. The maximum absolute atomic E-state index is 13.8. The van der Waals surface area contributed by atoms with Crippen LogP contribution in [0.3, 0.4) is 0 Å². The Kier molecular flexibility index (Phi) is 5.02. The van der Waals surface area contributed by atoms with Crippen molar-refractivity contribution in [2.24, 2.45) is 17.8 Å². The Hall–Kier alpha value is -0.950. The highest BCUT2D eigenvalue weighted by Gasteiger charge is 2.43. The van der Waals surface area contributed by atoms with Gasteiger partial charge in [0.1, 0.15) is 0 Å². The minimum Gasteiger partial charge on any atom is -0.313 e. The Morgan fingerprint density at radius 2 is 1.58 bits per heavy atom. The lowest BCUT2D eigenvalue weighted by molar-refractivity contribution is -0.253. The standard InChI is InChI=1S/C20H29F2NO/c1-14-4-9-18(24-20(14,21)22)17-7-5-15(6-8-17)16-10-12-19(2,23-3)13-11-16/h4,15-18H,5-13H2,1-2H3. The van der Waals surface area contributed by atoms with E-state index >= 15 is 0 Å². The van der Waals surface area contributed by atoms with Crippen LogP contribution in [0, 0.1) is 24.3 Å². The molecular weight excluding hydrogens is 308 g/mol. The molecule has 2 saturated carbocycles. The number of ether oxygens (including phenoxy) is 1. The molecule has 2 nitrogen and oxygen atoms in total. The summed E-state index contributed by atoms with van der Waals surface area (Å²) in [5.41, 5.74) is -0.0862. The van der Waals surface area contributed by atoms with Crippen molar-refractivity contribution < 1.29 is 13.5 Å². The van der Waals surface area contributed by atoms with Gasteiger partial charge in [0.2, 0.25) is 5.54 Å². The minimum atomic E-state index is -3.08. The number of rotatable bonds is 2. The summed E-state index contributed by atoms with van der Waals surface area (Å²) in [5.74, 6) is 1.73. The van der Waals surface area contributed by atoms with Crippen LogP contribution in [0.5, 0.6) is 0 Å². The van der Waals surface area contributed by atoms with E-state index in [1.54, 1.807) is 6.08 Å². The molecule has 0 saturated heterocycles. The Balaban J connectivity index is 1.50. The van der Waals surface area contributed by atoms with Crippen molar-refractivity contribution in [2.75, 3.05) is 0 Å². The van der Waals surface area contributed by atoms with Crippen molar-refractivity contribution in [3.8, 4) is 0 Å². The van der Waals surface area contributed by atoms with Crippen LogP contribution in [-0.2, 0) is 4.74 Å². The van der Waals surface area contributed by atoms with Crippen molar-refractivity contribution >= 4 is 0 Å². The molecule has 134 valence electrons. The Labute approximate surface area is 144 Å². The van der Waals surface area contributed by atoms with Crippen LogP contribution in [0.25, 0.3) is 4.85 Å². The van der Waals surface area contributed by atoms with Crippen LogP contribution in [0.15, 0.2) is 11.6 Å². The van der Waals surface area contributed by atoms with Crippen LogP contribution < -0.4 is 0 Å². The molecule has 0 amide bonds. The summed E-state index contributed by atoms with van der Waals surface area (Å²) in [7, 11) is 0. The molecule has 1 unspecified atom stereocenters. The Morgan fingerprint density at radius 1 is 1.04 bits per heavy atom. The van der Waals surface area contributed by atoms with Crippen molar-refractivity contribution in [3.63, 3.8) is 0 Å². The first-order chi connectivity index (χ1) is 11.3. The zero-order valence-electron chi connectivity index (χ0n) is 14.9. The lowest BCUT2D eigenvalue weighted by Crippen LogP contribution is -2.39. The highest BCUT2D eigenvalue weighted by molar-refractivity contribution is 5.10. The van der Waals surface area contributed by atoms with Crippen LogP contribution in [-0.4, -0.2) is 17.8 Å². The quantitative estimate of drug-likeness (QED) is 0.446. The monoisotopic (exact) mass is 337 g/mol. The van der Waals surface area contributed by atoms with Crippen LogP contribution in [0.2, 0.25) is 0 Å². The molecule has 1 heterocycles. The summed E-state index contributed by atoms with van der Waals surface area (Å²) in [5, 5.41) is 0. The van der Waals surface area contributed by atoms with Crippen molar-refractivity contribution in [1.29, 1.82) is 0 Å². The van der Waals surface area contributed by atoms with Crippen molar-refractivity contribution in [1.82, 2.24) is 0 Å². The Morgan fingerprint density at radius 3 is 2.12 bits per heavy atom. The maximum atomic E-state index is 13.8. The largest absolute Gasteiger partial charge is 0.379 e. The van der Waals surface area contributed by atoms with E-state index in [-0.39, 0.29) is 23.1 Å². The summed E-state index contributed by atoms with van der Waals surface area (Å²) in [6, 6.07) is 0. The van der Waals surface area contributed by atoms with Gasteiger partial charge in [0.25, 0.3) is 0 Å². The molecule has 0 radical (unpaired) electrons. The van der Waals surface area contributed by atoms with Gasteiger partial charge in [0.15, 0.2) is 0 Å².